The standard InChI is InChI=1S/C11H23N3O/c1-2-8-3-5-9(6-4-8)14-7-10(12)11(13)15/h8-10,14H,2-7,12H2,1H3,(H2,13,15). The number of primary amides is 1. The van der Waals surface area contributed by atoms with Crippen LogP contribution in [0.2, 0.25) is 0 Å². The minimum absolute atomic E-state index is 0.426. The summed E-state index contributed by atoms with van der Waals surface area (Å²) in [7, 11) is 0. The highest BCUT2D eigenvalue weighted by Gasteiger charge is 2.20. The van der Waals surface area contributed by atoms with Gasteiger partial charge in [-0.25, -0.2) is 0 Å². The van der Waals surface area contributed by atoms with Crippen molar-refractivity contribution in [3.05, 3.63) is 0 Å². The average molecular weight is 213 g/mol. The van der Waals surface area contributed by atoms with Gasteiger partial charge in [0.2, 0.25) is 5.91 Å². The fraction of sp³-hybridized carbons (Fsp3) is 0.909. The van der Waals surface area contributed by atoms with Gasteiger partial charge in [0.15, 0.2) is 0 Å². The number of nitrogens with one attached hydrogen (secondary N) is 1. The lowest BCUT2D eigenvalue weighted by molar-refractivity contribution is -0.119. The van der Waals surface area contributed by atoms with Gasteiger partial charge in [-0.3, -0.25) is 4.79 Å². The summed E-state index contributed by atoms with van der Waals surface area (Å²) in [6, 6.07) is -0.0212. The molecule has 1 amide bonds. The van der Waals surface area contributed by atoms with Crippen LogP contribution >= 0.6 is 0 Å². The van der Waals surface area contributed by atoms with Crippen molar-refractivity contribution in [2.45, 2.75) is 51.1 Å². The molecular formula is C11H23N3O. The lowest BCUT2D eigenvalue weighted by atomic mass is 9.84. The van der Waals surface area contributed by atoms with Crippen molar-refractivity contribution in [1.29, 1.82) is 0 Å². The van der Waals surface area contributed by atoms with Gasteiger partial charge in [0, 0.05) is 12.6 Å². The first kappa shape index (κ1) is 12.5. The van der Waals surface area contributed by atoms with E-state index in [0.29, 0.717) is 12.6 Å². The SMILES string of the molecule is CCC1CCC(NCC(N)C(N)=O)CC1. The summed E-state index contributed by atoms with van der Waals surface area (Å²) in [5.41, 5.74) is 10.6. The molecule has 1 unspecified atom stereocenters. The molecule has 0 aromatic carbocycles. The van der Waals surface area contributed by atoms with Gasteiger partial charge in [-0.2, -0.15) is 0 Å². The van der Waals surface area contributed by atoms with E-state index >= 15 is 0 Å². The van der Waals surface area contributed by atoms with E-state index in [1.807, 2.05) is 0 Å². The number of rotatable bonds is 5. The smallest absolute Gasteiger partial charge is 0.235 e. The van der Waals surface area contributed by atoms with Gasteiger partial charge in [-0.15, -0.1) is 0 Å². The monoisotopic (exact) mass is 213 g/mol. The lowest BCUT2D eigenvalue weighted by Gasteiger charge is -2.29. The Kier molecular flexibility index (Phi) is 5.05. The Morgan fingerprint density at radius 3 is 2.47 bits per heavy atom. The van der Waals surface area contributed by atoms with Crippen LogP contribution in [0.25, 0.3) is 0 Å². The van der Waals surface area contributed by atoms with E-state index in [2.05, 4.69) is 12.2 Å². The summed E-state index contributed by atoms with van der Waals surface area (Å²) in [6.45, 7) is 2.76. The Hall–Kier alpha value is -0.610. The third-order valence-electron chi connectivity index (χ3n) is 3.42. The quantitative estimate of drug-likeness (QED) is 0.616. The molecule has 0 heterocycles. The molecule has 88 valence electrons. The number of hydrogen-bond acceptors (Lipinski definition) is 3. The van der Waals surface area contributed by atoms with Gasteiger partial charge in [0.25, 0.3) is 0 Å². The van der Waals surface area contributed by atoms with Crippen molar-refractivity contribution in [1.82, 2.24) is 5.32 Å². The number of carbonyl (C=O) groups is 1. The maximum absolute atomic E-state index is 10.7. The molecule has 0 bridgehead atoms. The molecule has 5 N–H and O–H groups in total. The molecule has 0 radical (unpaired) electrons. The fourth-order valence-electron chi connectivity index (χ4n) is 2.17. The van der Waals surface area contributed by atoms with Crippen LogP contribution < -0.4 is 16.8 Å². The zero-order valence-electron chi connectivity index (χ0n) is 9.54. The zero-order chi connectivity index (χ0) is 11.3. The van der Waals surface area contributed by atoms with Crippen LogP contribution in [-0.4, -0.2) is 24.5 Å². The van der Waals surface area contributed by atoms with E-state index in [0.717, 1.165) is 5.92 Å². The van der Waals surface area contributed by atoms with Crippen LogP contribution in [0.15, 0.2) is 0 Å². The summed E-state index contributed by atoms with van der Waals surface area (Å²) in [5.74, 6) is 0.470. The molecule has 1 atom stereocenters. The van der Waals surface area contributed by atoms with Gasteiger partial charge < -0.3 is 16.8 Å². The van der Waals surface area contributed by atoms with Crippen LogP contribution in [0.5, 0.6) is 0 Å². The maximum atomic E-state index is 10.7. The normalized spacial score (nSPS) is 28.7. The predicted octanol–water partition coefficient (Wildman–Crippen LogP) is 0.357. The minimum atomic E-state index is -0.547. The molecule has 0 spiro atoms. The first-order chi connectivity index (χ1) is 7.13. The van der Waals surface area contributed by atoms with E-state index in [4.69, 9.17) is 11.5 Å². The highest BCUT2D eigenvalue weighted by Crippen LogP contribution is 2.26. The molecule has 0 aromatic heterocycles. The molecule has 1 aliphatic rings. The van der Waals surface area contributed by atoms with E-state index < -0.39 is 11.9 Å². The molecule has 1 aliphatic carbocycles. The van der Waals surface area contributed by atoms with Gasteiger partial charge >= 0.3 is 0 Å². The van der Waals surface area contributed by atoms with Crippen molar-refractivity contribution in [3.63, 3.8) is 0 Å². The first-order valence-corrected chi connectivity index (χ1v) is 5.91. The van der Waals surface area contributed by atoms with Crippen molar-refractivity contribution in [2.75, 3.05) is 6.54 Å². The number of hydrogen-bond donors (Lipinski definition) is 3. The topological polar surface area (TPSA) is 81.1 Å². The maximum Gasteiger partial charge on any atom is 0.235 e. The lowest BCUT2D eigenvalue weighted by Crippen LogP contribution is -2.47. The second kappa shape index (κ2) is 6.08. The summed E-state index contributed by atoms with van der Waals surface area (Å²) in [6.07, 6.45) is 6.27. The Labute approximate surface area is 91.8 Å². The second-order valence-electron chi connectivity index (χ2n) is 4.54. The molecule has 0 aromatic rings. The Bertz CT molecular complexity index is 200. The second-order valence-corrected chi connectivity index (χ2v) is 4.54. The van der Waals surface area contributed by atoms with Crippen molar-refractivity contribution in [2.24, 2.45) is 17.4 Å². The van der Waals surface area contributed by atoms with Crippen LogP contribution in [0, 0.1) is 5.92 Å². The van der Waals surface area contributed by atoms with E-state index in [9.17, 15) is 4.79 Å². The summed E-state index contributed by atoms with van der Waals surface area (Å²) in [4.78, 5) is 10.7. The van der Waals surface area contributed by atoms with E-state index in [1.54, 1.807) is 0 Å². The third kappa shape index (κ3) is 4.18. The van der Waals surface area contributed by atoms with Gasteiger partial charge in [0.1, 0.15) is 0 Å². The fourth-order valence-corrected chi connectivity index (χ4v) is 2.17. The van der Waals surface area contributed by atoms with Gasteiger partial charge in [-0.1, -0.05) is 13.3 Å². The van der Waals surface area contributed by atoms with Crippen molar-refractivity contribution >= 4 is 5.91 Å². The minimum Gasteiger partial charge on any atom is -0.368 e. The first-order valence-electron chi connectivity index (χ1n) is 5.91. The molecule has 1 rings (SSSR count). The highest BCUT2D eigenvalue weighted by molar-refractivity contribution is 5.79. The zero-order valence-corrected chi connectivity index (χ0v) is 9.54. The molecule has 1 fully saturated rings. The van der Waals surface area contributed by atoms with Crippen molar-refractivity contribution in [3.8, 4) is 0 Å². The largest absolute Gasteiger partial charge is 0.368 e. The molecule has 15 heavy (non-hydrogen) atoms. The molecular weight excluding hydrogens is 190 g/mol. The average Bonchev–Trinajstić information content (AvgIpc) is 2.26. The van der Waals surface area contributed by atoms with Crippen molar-refractivity contribution < 1.29 is 4.79 Å². The van der Waals surface area contributed by atoms with Gasteiger partial charge in [0.05, 0.1) is 6.04 Å². The number of carbonyl (C=O) groups excluding carboxylic acids is 1. The highest BCUT2D eigenvalue weighted by atomic mass is 16.1. The number of amides is 1. The summed E-state index contributed by atoms with van der Waals surface area (Å²) >= 11 is 0. The van der Waals surface area contributed by atoms with Gasteiger partial charge in [-0.05, 0) is 31.6 Å². The predicted molar refractivity (Wildman–Crippen MR) is 61.2 cm³/mol. The Morgan fingerprint density at radius 2 is 2.00 bits per heavy atom. The molecule has 4 heteroatoms. The summed E-state index contributed by atoms with van der Waals surface area (Å²) < 4.78 is 0. The van der Waals surface area contributed by atoms with E-state index in [1.165, 1.54) is 32.1 Å². The van der Waals surface area contributed by atoms with Crippen LogP contribution in [-0.2, 0) is 4.79 Å². The summed E-state index contributed by atoms with van der Waals surface area (Å²) in [5, 5.41) is 3.32. The third-order valence-corrected chi connectivity index (χ3v) is 3.42. The molecule has 0 saturated heterocycles. The van der Waals surface area contributed by atoms with Crippen LogP contribution in [0.3, 0.4) is 0 Å². The number of nitrogens with two attached hydrogens (primary N) is 2. The van der Waals surface area contributed by atoms with Crippen LogP contribution in [0.1, 0.15) is 39.0 Å². The molecule has 4 nitrogen and oxygen atoms in total. The Morgan fingerprint density at radius 1 is 1.40 bits per heavy atom. The Balaban J connectivity index is 2.16. The molecule has 0 aliphatic heterocycles. The van der Waals surface area contributed by atoms with E-state index in [-0.39, 0.29) is 0 Å². The molecule has 1 saturated carbocycles. The van der Waals surface area contributed by atoms with Crippen LogP contribution in [0.4, 0.5) is 0 Å².